The number of rotatable bonds is 13. The van der Waals surface area contributed by atoms with Crippen molar-refractivity contribution in [2.75, 3.05) is 6.61 Å². The summed E-state index contributed by atoms with van der Waals surface area (Å²) in [6, 6.07) is 33.8. The SMILES string of the molecule is Cc1ccc(S(=O)(=O)N[C@H]2C[C@](O)(COCc3ccccc3)[C@@H](OCc3ccccc3)[C@H](OCc3ccccc3)[C@H]2O)cc1. The number of aliphatic hydroxyl groups is 2. The topological polar surface area (TPSA) is 114 Å². The number of nitrogens with one attached hydrogen (secondary N) is 1. The van der Waals surface area contributed by atoms with Crippen molar-refractivity contribution in [2.45, 2.75) is 68.0 Å². The third-order valence-corrected chi connectivity index (χ3v) is 9.32. The third kappa shape index (κ3) is 8.19. The van der Waals surface area contributed by atoms with E-state index in [1.54, 1.807) is 12.1 Å². The number of aryl methyl sites for hydroxylation is 1. The molecule has 44 heavy (non-hydrogen) atoms. The predicted molar refractivity (Wildman–Crippen MR) is 167 cm³/mol. The lowest BCUT2D eigenvalue weighted by atomic mass is 9.76. The summed E-state index contributed by atoms with van der Waals surface area (Å²) in [7, 11) is -4.04. The number of benzene rings is 4. The van der Waals surface area contributed by atoms with Crippen molar-refractivity contribution in [1.82, 2.24) is 4.72 Å². The molecule has 5 atom stereocenters. The Morgan fingerprint density at radius 2 is 1.25 bits per heavy atom. The minimum atomic E-state index is -4.04. The van der Waals surface area contributed by atoms with E-state index in [9.17, 15) is 18.6 Å². The highest BCUT2D eigenvalue weighted by Gasteiger charge is 2.55. The molecule has 9 heteroatoms. The van der Waals surface area contributed by atoms with Crippen molar-refractivity contribution < 1.29 is 32.8 Å². The van der Waals surface area contributed by atoms with Crippen LogP contribution < -0.4 is 4.72 Å². The van der Waals surface area contributed by atoms with E-state index >= 15 is 0 Å². The van der Waals surface area contributed by atoms with Crippen LogP contribution in [0.25, 0.3) is 0 Å². The van der Waals surface area contributed by atoms with Gasteiger partial charge in [-0.25, -0.2) is 13.1 Å². The lowest BCUT2D eigenvalue weighted by Crippen LogP contribution is -2.68. The second-order valence-corrected chi connectivity index (χ2v) is 13.0. The van der Waals surface area contributed by atoms with E-state index in [1.165, 1.54) is 12.1 Å². The highest BCUT2D eigenvalue weighted by Crippen LogP contribution is 2.36. The van der Waals surface area contributed by atoms with Gasteiger partial charge in [0.05, 0.1) is 43.5 Å². The lowest BCUT2D eigenvalue weighted by Gasteiger charge is -2.49. The molecule has 1 fully saturated rings. The van der Waals surface area contributed by atoms with E-state index in [2.05, 4.69) is 4.72 Å². The summed E-state index contributed by atoms with van der Waals surface area (Å²) < 4.78 is 48.2. The molecule has 0 aliphatic heterocycles. The van der Waals surface area contributed by atoms with Crippen LogP contribution in [0.5, 0.6) is 0 Å². The van der Waals surface area contributed by atoms with Gasteiger partial charge in [0, 0.05) is 6.42 Å². The maximum absolute atomic E-state index is 13.4. The summed E-state index contributed by atoms with van der Waals surface area (Å²) in [5, 5.41) is 24.0. The zero-order valence-electron chi connectivity index (χ0n) is 24.7. The Hall–Kier alpha value is -3.41. The zero-order valence-corrected chi connectivity index (χ0v) is 25.5. The normalized spacial score (nSPS) is 23.8. The van der Waals surface area contributed by atoms with Gasteiger partial charge in [0.25, 0.3) is 0 Å². The fourth-order valence-corrected chi connectivity index (χ4v) is 6.70. The Bertz CT molecular complexity index is 1550. The van der Waals surface area contributed by atoms with Crippen LogP contribution >= 0.6 is 0 Å². The molecule has 0 spiro atoms. The molecular weight excluding hydrogens is 578 g/mol. The highest BCUT2D eigenvalue weighted by atomic mass is 32.2. The van der Waals surface area contributed by atoms with Crippen molar-refractivity contribution in [3.63, 3.8) is 0 Å². The molecule has 4 aromatic carbocycles. The number of ether oxygens (including phenoxy) is 3. The molecule has 1 saturated carbocycles. The quantitative estimate of drug-likeness (QED) is 0.202. The molecule has 5 rings (SSSR count). The van der Waals surface area contributed by atoms with E-state index in [-0.39, 0.29) is 37.7 Å². The number of aliphatic hydroxyl groups excluding tert-OH is 1. The van der Waals surface area contributed by atoms with Crippen molar-refractivity contribution in [3.05, 3.63) is 138 Å². The molecule has 232 valence electrons. The molecule has 1 aliphatic rings. The van der Waals surface area contributed by atoms with Gasteiger partial charge in [-0.3, -0.25) is 0 Å². The fraction of sp³-hybridized carbons (Fsp3) is 0.314. The smallest absolute Gasteiger partial charge is 0.240 e. The first-order valence-electron chi connectivity index (χ1n) is 14.7. The van der Waals surface area contributed by atoms with Gasteiger partial charge in [0.15, 0.2) is 0 Å². The summed E-state index contributed by atoms with van der Waals surface area (Å²) in [6.45, 7) is 2.18. The first kappa shape index (κ1) is 32.0. The number of hydrogen-bond acceptors (Lipinski definition) is 7. The van der Waals surface area contributed by atoms with E-state index in [1.807, 2.05) is 97.9 Å². The molecule has 0 radical (unpaired) electrons. The summed E-state index contributed by atoms with van der Waals surface area (Å²) >= 11 is 0. The van der Waals surface area contributed by atoms with Crippen LogP contribution in [0.1, 0.15) is 28.7 Å². The van der Waals surface area contributed by atoms with E-state index in [4.69, 9.17) is 14.2 Å². The van der Waals surface area contributed by atoms with Crippen LogP contribution in [0.3, 0.4) is 0 Å². The van der Waals surface area contributed by atoms with Gasteiger partial charge in [-0.2, -0.15) is 0 Å². The highest BCUT2D eigenvalue weighted by molar-refractivity contribution is 7.89. The average molecular weight is 618 g/mol. The van der Waals surface area contributed by atoms with Gasteiger partial charge in [0.1, 0.15) is 17.8 Å². The second kappa shape index (κ2) is 14.6. The number of hydrogen-bond donors (Lipinski definition) is 3. The van der Waals surface area contributed by atoms with Crippen molar-refractivity contribution >= 4 is 10.0 Å². The summed E-state index contributed by atoms with van der Waals surface area (Å²) in [5.74, 6) is 0. The minimum Gasteiger partial charge on any atom is -0.389 e. The van der Waals surface area contributed by atoms with Crippen LogP contribution in [0, 0.1) is 6.92 Å². The van der Waals surface area contributed by atoms with Crippen molar-refractivity contribution in [3.8, 4) is 0 Å². The van der Waals surface area contributed by atoms with E-state index in [0.29, 0.717) is 0 Å². The standard InChI is InChI=1S/C35H39NO7S/c1-26-17-19-30(20-18-26)44(39,40)36-31-21-35(38,25-41-22-27-11-5-2-6-12-27)34(43-24-29-15-9-4-10-16-29)33(32(31)37)42-23-28-13-7-3-8-14-28/h2-20,31-34,36-38H,21-25H2,1H3/t31-,32-,33+,34-,35-/m0/s1. The van der Waals surface area contributed by atoms with E-state index < -0.39 is 40.0 Å². The van der Waals surface area contributed by atoms with Gasteiger partial charge in [-0.05, 0) is 35.7 Å². The van der Waals surface area contributed by atoms with Crippen LogP contribution in [0.4, 0.5) is 0 Å². The predicted octanol–water partition coefficient (Wildman–Crippen LogP) is 4.53. The van der Waals surface area contributed by atoms with E-state index in [0.717, 1.165) is 22.3 Å². The molecule has 0 unspecified atom stereocenters. The van der Waals surface area contributed by atoms with Gasteiger partial charge < -0.3 is 24.4 Å². The minimum absolute atomic E-state index is 0.0587. The second-order valence-electron chi connectivity index (χ2n) is 11.3. The molecule has 0 saturated heterocycles. The monoisotopic (exact) mass is 617 g/mol. The first-order valence-corrected chi connectivity index (χ1v) is 16.1. The lowest BCUT2D eigenvalue weighted by molar-refractivity contribution is -0.245. The maximum Gasteiger partial charge on any atom is 0.240 e. The Balaban J connectivity index is 1.45. The molecule has 0 amide bonds. The fourth-order valence-electron chi connectivity index (χ4n) is 5.45. The Morgan fingerprint density at radius 1 is 0.750 bits per heavy atom. The largest absolute Gasteiger partial charge is 0.389 e. The van der Waals surface area contributed by atoms with Crippen LogP contribution in [-0.2, 0) is 44.1 Å². The Labute approximate surface area is 259 Å². The summed E-state index contributed by atoms with van der Waals surface area (Å²) in [5.41, 5.74) is 1.85. The molecule has 8 nitrogen and oxygen atoms in total. The van der Waals surface area contributed by atoms with Crippen molar-refractivity contribution in [2.24, 2.45) is 0 Å². The van der Waals surface area contributed by atoms with Crippen LogP contribution in [0.15, 0.2) is 120 Å². The number of sulfonamides is 1. The molecule has 3 N–H and O–H groups in total. The van der Waals surface area contributed by atoms with Gasteiger partial charge in [0.2, 0.25) is 10.0 Å². The molecule has 0 aromatic heterocycles. The van der Waals surface area contributed by atoms with Gasteiger partial charge >= 0.3 is 0 Å². The van der Waals surface area contributed by atoms with Gasteiger partial charge in [-0.15, -0.1) is 0 Å². The Morgan fingerprint density at radius 3 is 1.80 bits per heavy atom. The molecule has 0 heterocycles. The van der Waals surface area contributed by atoms with Crippen LogP contribution in [0.2, 0.25) is 0 Å². The zero-order chi connectivity index (χ0) is 31.0. The summed E-state index contributed by atoms with van der Waals surface area (Å²) in [6.07, 6.45) is -3.64. The first-order chi connectivity index (χ1) is 21.2. The summed E-state index contributed by atoms with van der Waals surface area (Å²) in [4.78, 5) is 0.0587. The molecule has 0 bridgehead atoms. The Kier molecular flexibility index (Phi) is 10.6. The maximum atomic E-state index is 13.4. The molecule has 1 aliphatic carbocycles. The average Bonchev–Trinajstić information content (AvgIpc) is 3.03. The molecular formula is C35H39NO7S. The van der Waals surface area contributed by atoms with Crippen LogP contribution in [-0.4, -0.2) is 55.2 Å². The van der Waals surface area contributed by atoms with Gasteiger partial charge in [-0.1, -0.05) is 109 Å². The third-order valence-electron chi connectivity index (χ3n) is 7.81. The van der Waals surface area contributed by atoms with Crippen molar-refractivity contribution in [1.29, 1.82) is 0 Å². The molecule has 4 aromatic rings.